The Morgan fingerprint density at radius 1 is 1.15 bits per heavy atom. The van der Waals surface area contributed by atoms with E-state index in [9.17, 15) is 18.4 Å². The van der Waals surface area contributed by atoms with Crippen molar-refractivity contribution in [3.8, 4) is 11.5 Å². The topological polar surface area (TPSA) is 78.9 Å². The molecule has 2 aromatic rings. The maximum absolute atomic E-state index is 14.6. The van der Waals surface area contributed by atoms with Crippen LogP contribution in [0.4, 0.5) is 8.78 Å². The van der Waals surface area contributed by atoms with Crippen LogP contribution in [0.2, 0.25) is 0 Å². The number of hydrogen-bond donors (Lipinski definition) is 2. The zero-order valence-corrected chi connectivity index (χ0v) is 23.8. The predicted molar refractivity (Wildman–Crippen MR) is 154 cm³/mol. The average Bonchev–Trinajstić information content (AvgIpc) is 2.87. The minimum absolute atomic E-state index is 0.0319. The van der Waals surface area contributed by atoms with Crippen molar-refractivity contribution in [2.24, 2.45) is 0 Å². The first-order valence-electron chi connectivity index (χ1n) is 13.0. The summed E-state index contributed by atoms with van der Waals surface area (Å²) in [4.78, 5) is 26.0. The molecule has 0 aromatic heterocycles. The van der Waals surface area contributed by atoms with Gasteiger partial charge in [0.15, 0.2) is 0 Å². The number of nitrogens with one attached hydrogen (secondary N) is 1. The lowest BCUT2D eigenvalue weighted by Gasteiger charge is -2.25. The van der Waals surface area contributed by atoms with Crippen LogP contribution in [0.15, 0.2) is 84.4 Å². The van der Waals surface area contributed by atoms with Gasteiger partial charge in [0.05, 0.1) is 11.9 Å². The normalized spacial score (nSPS) is 12.7. The fraction of sp³-hybridized carbons (Fsp3) is 0.312. The number of benzene rings is 2. The van der Waals surface area contributed by atoms with Gasteiger partial charge in [-0.05, 0) is 91.8 Å². The standard InChI is InChI=1S/C32H38F2N2O4/c1-8-14-36(7)31(22(5)20(3)15-21(4)33)32(39)35-23(6)26-16-27(34)19-29(18-26)40-28-12-10-25(11-13-30(37)38)24(9-2)17-28/h8,10,12,15-19,23H,1,3,9,11,13-14H2,2,4-7H3,(H,35,39)(H,37,38)/b21-15+,31-22-. The number of aryl methyl sites for hydroxylation is 2. The molecule has 2 N–H and O–H groups in total. The molecule has 0 radical (unpaired) electrons. The maximum atomic E-state index is 14.6. The Hall–Kier alpha value is -4.20. The zero-order chi connectivity index (χ0) is 30.0. The maximum Gasteiger partial charge on any atom is 0.303 e. The van der Waals surface area contributed by atoms with Crippen LogP contribution in [0.1, 0.15) is 56.8 Å². The Morgan fingerprint density at radius 2 is 1.85 bits per heavy atom. The minimum Gasteiger partial charge on any atom is -0.481 e. The molecule has 1 amide bonds. The number of aliphatic carboxylic acids is 1. The summed E-state index contributed by atoms with van der Waals surface area (Å²) in [6, 6.07) is 9.00. The summed E-state index contributed by atoms with van der Waals surface area (Å²) in [6.45, 7) is 14.6. The number of amides is 1. The molecule has 0 bridgehead atoms. The Bertz CT molecular complexity index is 1330. The van der Waals surface area contributed by atoms with Gasteiger partial charge in [-0.2, -0.15) is 0 Å². The summed E-state index contributed by atoms with van der Waals surface area (Å²) in [5.41, 5.74) is 3.50. The van der Waals surface area contributed by atoms with E-state index in [0.29, 0.717) is 41.8 Å². The predicted octanol–water partition coefficient (Wildman–Crippen LogP) is 7.20. The van der Waals surface area contributed by atoms with Crippen LogP contribution in [0.25, 0.3) is 0 Å². The van der Waals surface area contributed by atoms with E-state index >= 15 is 0 Å². The second kappa shape index (κ2) is 14.8. The third kappa shape index (κ3) is 9.22. The summed E-state index contributed by atoms with van der Waals surface area (Å²) in [6.07, 6.45) is 4.03. The molecule has 0 aliphatic carbocycles. The smallest absolute Gasteiger partial charge is 0.303 e. The van der Waals surface area contributed by atoms with Crippen molar-refractivity contribution in [1.82, 2.24) is 10.2 Å². The van der Waals surface area contributed by atoms with Crippen molar-refractivity contribution in [3.05, 3.63) is 107 Å². The highest BCUT2D eigenvalue weighted by Gasteiger charge is 2.21. The second-order valence-electron chi connectivity index (χ2n) is 9.59. The van der Waals surface area contributed by atoms with Gasteiger partial charge in [-0.3, -0.25) is 9.59 Å². The van der Waals surface area contributed by atoms with E-state index in [-0.39, 0.29) is 17.9 Å². The molecule has 0 fully saturated rings. The van der Waals surface area contributed by atoms with Gasteiger partial charge in [-0.1, -0.05) is 25.6 Å². The van der Waals surface area contributed by atoms with Crippen LogP contribution in [0.3, 0.4) is 0 Å². The molecule has 0 aliphatic heterocycles. The van der Waals surface area contributed by atoms with E-state index in [1.165, 1.54) is 25.1 Å². The van der Waals surface area contributed by atoms with Crippen molar-refractivity contribution in [3.63, 3.8) is 0 Å². The van der Waals surface area contributed by atoms with Crippen LogP contribution in [0, 0.1) is 5.82 Å². The fourth-order valence-corrected chi connectivity index (χ4v) is 4.27. The molecule has 2 rings (SSSR count). The summed E-state index contributed by atoms with van der Waals surface area (Å²) in [7, 11) is 1.72. The highest BCUT2D eigenvalue weighted by molar-refractivity contribution is 5.94. The first-order chi connectivity index (χ1) is 18.9. The molecule has 0 aliphatic rings. The van der Waals surface area contributed by atoms with Crippen LogP contribution < -0.4 is 10.1 Å². The summed E-state index contributed by atoms with van der Waals surface area (Å²) in [5.74, 6) is -1.52. The van der Waals surface area contributed by atoms with Gasteiger partial charge in [0.1, 0.15) is 23.0 Å². The highest BCUT2D eigenvalue weighted by atomic mass is 19.1. The number of hydrogen-bond acceptors (Lipinski definition) is 4. The van der Waals surface area contributed by atoms with E-state index in [2.05, 4.69) is 18.5 Å². The molecule has 2 aromatic carbocycles. The summed E-state index contributed by atoms with van der Waals surface area (Å²) < 4.78 is 34.1. The first-order valence-corrected chi connectivity index (χ1v) is 13.0. The molecule has 1 unspecified atom stereocenters. The lowest BCUT2D eigenvalue weighted by Crippen LogP contribution is -2.35. The summed E-state index contributed by atoms with van der Waals surface area (Å²) >= 11 is 0. The molecule has 214 valence electrons. The molecule has 0 heterocycles. The number of carboxylic acid groups (broad SMARTS) is 1. The van der Waals surface area contributed by atoms with Crippen LogP contribution in [-0.4, -0.2) is 35.5 Å². The van der Waals surface area contributed by atoms with Crippen molar-refractivity contribution in [1.29, 1.82) is 0 Å². The molecule has 0 spiro atoms. The van der Waals surface area contributed by atoms with Gasteiger partial charge in [-0.25, -0.2) is 8.78 Å². The van der Waals surface area contributed by atoms with Crippen molar-refractivity contribution in [2.75, 3.05) is 13.6 Å². The SMILES string of the molecule is C=CCN(C)/C(C(=O)NC(C)c1cc(F)cc(Oc2ccc(CCC(=O)O)c(CC)c2)c1)=C(/C)C(=C)/C=C(\C)F. The zero-order valence-electron chi connectivity index (χ0n) is 23.8. The van der Waals surface area contributed by atoms with Gasteiger partial charge >= 0.3 is 5.97 Å². The molecule has 8 heteroatoms. The van der Waals surface area contributed by atoms with E-state index in [1.807, 2.05) is 19.1 Å². The Morgan fingerprint density at radius 3 is 2.45 bits per heavy atom. The van der Waals surface area contributed by atoms with Crippen LogP contribution in [-0.2, 0) is 22.4 Å². The van der Waals surface area contributed by atoms with Crippen LogP contribution >= 0.6 is 0 Å². The minimum atomic E-state index is -0.863. The fourth-order valence-electron chi connectivity index (χ4n) is 4.27. The Balaban J connectivity index is 2.31. The van der Waals surface area contributed by atoms with E-state index < -0.39 is 29.6 Å². The third-order valence-corrected chi connectivity index (χ3v) is 6.35. The number of allylic oxidation sites excluding steroid dienone is 4. The quantitative estimate of drug-likeness (QED) is 0.147. The Labute approximate surface area is 235 Å². The molecular formula is C32H38F2N2O4. The van der Waals surface area contributed by atoms with Crippen LogP contribution in [0.5, 0.6) is 11.5 Å². The van der Waals surface area contributed by atoms with Crippen molar-refractivity contribution < 1.29 is 28.2 Å². The van der Waals surface area contributed by atoms with Gasteiger partial charge in [-0.15, -0.1) is 6.58 Å². The third-order valence-electron chi connectivity index (χ3n) is 6.35. The molecule has 6 nitrogen and oxygen atoms in total. The number of likely N-dealkylation sites (N-methyl/N-ethyl adjacent to an activating group) is 1. The van der Waals surface area contributed by atoms with E-state index in [4.69, 9.17) is 9.84 Å². The van der Waals surface area contributed by atoms with Gasteiger partial charge in [0, 0.05) is 26.1 Å². The molecule has 0 saturated carbocycles. The number of carbonyl (C=O) groups excluding carboxylic acids is 1. The van der Waals surface area contributed by atoms with E-state index in [1.54, 1.807) is 44.0 Å². The monoisotopic (exact) mass is 552 g/mol. The van der Waals surface area contributed by atoms with Gasteiger partial charge < -0.3 is 20.1 Å². The molecule has 40 heavy (non-hydrogen) atoms. The largest absolute Gasteiger partial charge is 0.481 e. The van der Waals surface area contributed by atoms with Crippen molar-refractivity contribution >= 4 is 11.9 Å². The van der Waals surface area contributed by atoms with Gasteiger partial charge in [0.2, 0.25) is 0 Å². The average molecular weight is 553 g/mol. The number of carbonyl (C=O) groups is 2. The number of carboxylic acids is 1. The lowest BCUT2D eigenvalue weighted by atomic mass is 10.0. The molecule has 0 saturated heterocycles. The second-order valence-corrected chi connectivity index (χ2v) is 9.59. The Kier molecular flexibility index (Phi) is 11.9. The van der Waals surface area contributed by atoms with Crippen molar-refractivity contribution in [2.45, 2.75) is 53.0 Å². The lowest BCUT2D eigenvalue weighted by molar-refractivity contribution is -0.137. The van der Waals surface area contributed by atoms with Gasteiger partial charge in [0.25, 0.3) is 5.91 Å². The number of nitrogens with zero attached hydrogens (tertiary/aromatic N) is 1. The number of halogens is 2. The number of rotatable bonds is 14. The first kappa shape index (κ1) is 32.0. The highest BCUT2D eigenvalue weighted by Crippen LogP contribution is 2.29. The van der Waals surface area contributed by atoms with E-state index in [0.717, 1.165) is 11.1 Å². The molecule has 1 atom stereocenters. The molecular weight excluding hydrogens is 514 g/mol. The summed E-state index contributed by atoms with van der Waals surface area (Å²) in [5, 5.41) is 11.9. The number of ether oxygens (including phenoxy) is 1.